The van der Waals surface area contributed by atoms with Crippen molar-refractivity contribution < 1.29 is 9.90 Å². The van der Waals surface area contributed by atoms with Gasteiger partial charge in [0.15, 0.2) is 5.65 Å². The first kappa shape index (κ1) is 13.3. The van der Waals surface area contributed by atoms with Gasteiger partial charge in [-0.15, -0.1) is 0 Å². The van der Waals surface area contributed by atoms with Crippen molar-refractivity contribution in [2.24, 2.45) is 0 Å². The summed E-state index contributed by atoms with van der Waals surface area (Å²) in [5.41, 5.74) is 4.58. The number of nitrogens with zero attached hydrogens (tertiary/aromatic N) is 2. The molecule has 0 spiro atoms. The molecule has 0 fully saturated rings. The topological polar surface area (TPSA) is 55.1 Å². The number of aromatic nitrogens is 2. The van der Waals surface area contributed by atoms with E-state index in [0.717, 1.165) is 30.2 Å². The Bertz CT molecular complexity index is 914. The second-order valence-electron chi connectivity index (χ2n) is 5.49. The normalized spacial score (nSPS) is 13.5. The van der Waals surface area contributed by atoms with Crippen LogP contribution in [0, 0.1) is 0 Å². The molecule has 2 aromatic heterocycles. The summed E-state index contributed by atoms with van der Waals surface area (Å²) in [5.74, 6) is 0. The Labute approximate surface area is 132 Å². The second-order valence-corrected chi connectivity index (χ2v) is 5.88. The molecule has 110 valence electrons. The number of rotatable bonds is 1. The molecule has 4 rings (SSSR count). The second kappa shape index (κ2) is 4.85. The van der Waals surface area contributed by atoms with Gasteiger partial charge in [0.05, 0.1) is 5.69 Å². The van der Waals surface area contributed by atoms with Crippen LogP contribution in [0.4, 0.5) is 4.79 Å². The molecule has 0 bridgehead atoms. The molecule has 5 heteroatoms. The first-order chi connectivity index (χ1) is 10.6. The van der Waals surface area contributed by atoms with Crippen LogP contribution in [0.5, 0.6) is 0 Å². The van der Waals surface area contributed by atoms with Crippen LogP contribution in [0.15, 0.2) is 36.4 Å². The van der Waals surface area contributed by atoms with Gasteiger partial charge >= 0.3 is 6.09 Å². The molecule has 0 radical (unpaired) electrons. The van der Waals surface area contributed by atoms with Gasteiger partial charge in [-0.05, 0) is 48.6 Å². The summed E-state index contributed by atoms with van der Waals surface area (Å²) >= 11 is 5.93. The lowest BCUT2D eigenvalue weighted by molar-refractivity contribution is 0.197. The molecule has 1 aromatic carbocycles. The molecule has 0 unspecified atom stereocenters. The maximum Gasteiger partial charge on any atom is 0.417 e. The summed E-state index contributed by atoms with van der Waals surface area (Å²) in [6, 6.07) is 11.4. The lowest BCUT2D eigenvalue weighted by Gasteiger charge is -2.10. The third-order valence-electron chi connectivity index (χ3n) is 4.23. The van der Waals surface area contributed by atoms with E-state index in [1.165, 1.54) is 15.7 Å². The Kier molecular flexibility index (Phi) is 2.94. The van der Waals surface area contributed by atoms with E-state index >= 15 is 0 Å². The predicted octanol–water partition coefficient (Wildman–Crippen LogP) is 4.37. The van der Waals surface area contributed by atoms with Gasteiger partial charge in [0, 0.05) is 10.9 Å². The molecule has 1 aliphatic rings. The van der Waals surface area contributed by atoms with E-state index in [4.69, 9.17) is 11.6 Å². The maximum atomic E-state index is 11.8. The number of hydrogen-bond donors (Lipinski definition) is 1. The van der Waals surface area contributed by atoms with E-state index in [9.17, 15) is 9.90 Å². The van der Waals surface area contributed by atoms with Crippen molar-refractivity contribution >= 4 is 28.7 Å². The van der Waals surface area contributed by atoms with Crippen LogP contribution in [-0.2, 0) is 12.8 Å². The molecule has 3 aromatic rings. The van der Waals surface area contributed by atoms with Crippen molar-refractivity contribution in [2.45, 2.75) is 19.3 Å². The SMILES string of the molecule is O=C(O)n1c(-c2cccc3c2CCC3)cc2ccc(Cl)nc21. The van der Waals surface area contributed by atoms with Crippen LogP contribution < -0.4 is 0 Å². The fourth-order valence-corrected chi connectivity index (χ4v) is 3.45. The minimum atomic E-state index is -1.05. The highest BCUT2D eigenvalue weighted by Gasteiger charge is 2.22. The highest BCUT2D eigenvalue weighted by molar-refractivity contribution is 6.29. The zero-order valence-corrected chi connectivity index (χ0v) is 12.5. The van der Waals surface area contributed by atoms with Gasteiger partial charge in [0.25, 0.3) is 0 Å². The van der Waals surface area contributed by atoms with Gasteiger partial charge in [0.2, 0.25) is 0 Å². The van der Waals surface area contributed by atoms with Crippen molar-refractivity contribution in [1.29, 1.82) is 0 Å². The van der Waals surface area contributed by atoms with E-state index in [2.05, 4.69) is 11.1 Å². The van der Waals surface area contributed by atoms with Crippen molar-refractivity contribution in [3.63, 3.8) is 0 Å². The van der Waals surface area contributed by atoms with Crippen LogP contribution >= 0.6 is 11.6 Å². The average Bonchev–Trinajstić information content (AvgIpc) is 3.10. The zero-order chi connectivity index (χ0) is 15.3. The summed E-state index contributed by atoms with van der Waals surface area (Å²) in [4.78, 5) is 15.9. The van der Waals surface area contributed by atoms with Gasteiger partial charge < -0.3 is 5.11 Å². The smallest absolute Gasteiger partial charge is 0.417 e. The van der Waals surface area contributed by atoms with E-state index in [1.807, 2.05) is 18.2 Å². The van der Waals surface area contributed by atoms with Gasteiger partial charge in [0.1, 0.15) is 5.15 Å². The van der Waals surface area contributed by atoms with E-state index in [-0.39, 0.29) is 5.15 Å². The standard InChI is InChI=1S/C17H13ClN2O2/c18-15-8-7-11-9-14(20(17(21)22)16(11)19-15)13-6-2-4-10-3-1-5-12(10)13/h2,4,6-9H,1,3,5H2,(H,21,22). The van der Waals surface area contributed by atoms with Gasteiger partial charge in [-0.2, -0.15) is 0 Å². The fraction of sp³-hybridized carbons (Fsp3) is 0.176. The maximum absolute atomic E-state index is 11.8. The van der Waals surface area contributed by atoms with Crippen molar-refractivity contribution in [1.82, 2.24) is 9.55 Å². The molecular weight excluding hydrogens is 300 g/mol. The monoisotopic (exact) mass is 312 g/mol. The Morgan fingerprint density at radius 3 is 2.91 bits per heavy atom. The molecule has 0 saturated carbocycles. The van der Waals surface area contributed by atoms with E-state index in [1.54, 1.807) is 12.1 Å². The number of carbonyl (C=O) groups is 1. The molecule has 0 amide bonds. The van der Waals surface area contributed by atoms with Crippen LogP contribution in [0.3, 0.4) is 0 Å². The van der Waals surface area contributed by atoms with Crippen molar-refractivity contribution in [3.05, 3.63) is 52.7 Å². The molecule has 0 saturated heterocycles. The highest BCUT2D eigenvalue weighted by Crippen LogP contribution is 2.35. The number of aryl methyl sites for hydroxylation is 1. The molecule has 0 aliphatic heterocycles. The Morgan fingerprint density at radius 1 is 1.23 bits per heavy atom. The number of pyridine rings is 1. The Morgan fingerprint density at radius 2 is 2.09 bits per heavy atom. The minimum Gasteiger partial charge on any atom is -0.464 e. The number of carboxylic acid groups (broad SMARTS) is 1. The summed E-state index contributed by atoms with van der Waals surface area (Å²) in [7, 11) is 0. The van der Waals surface area contributed by atoms with Crippen LogP contribution in [-0.4, -0.2) is 20.8 Å². The van der Waals surface area contributed by atoms with Crippen molar-refractivity contribution in [2.75, 3.05) is 0 Å². The summed E-state index contributed by atoms with van der Waals surface area (Å²) in [5, 5.41) is 10.7. The Hall–Kier alpha value is -2.33. The van der Waals surface area contributed by atoms with E-state index < -0.39 is 6.09 Å². The number of benzene rings is 1. The number of hydrogen-bond acceptors (Lipinski definition) is 2. The number of halogens is 1. The third-order valence-corrected chi connectivity index (χ3v) is 4.44. The van der Waals surface area contributed by atoms with Gasteiger partial charge in [-0.1, -0.05) is 29.8 Å². The minimum absolute atomic E-state index is 0.290. The van der Waals surface area contributed by atoms with Crippen molar-refractivity contribution in [3.8, 4) is 11.3 Å². The molecule has 0 atom stereocenters. The summed E-state index contributed by atoms with van der Waals surface area (Å²) < 4.78 is 1.23. The fourth-order valence-electron chi connectivity index (χ4n) is 3.31. The summed E-state index contributed by atoms with van der Waals surface area (Å²) in [6.07, 6.45) is 2.11. The van der Waals surface area contributed by atoms with Crippen LogP contribution in [0.2, 0.25) is 5.15 Å². The Balaban J connectivity index is 2.05. The zero-order valence-electron chi connectivity index (χ0n) is 11.7. The largest absolute Gasteiger partial charge is 0.464 e. The quantitative estimate of drug-likeness (QED) is 0.679. The molecule has 22 heavy (non-hydrogen) atoms. The highest BCUT2D eigenvalue weighted by atomic mass is 35.5. The van der Waals surface area contributed by atoms with Crippen LogP contribution in [0.25, 0.3) is 22.3 Å². The van der Waals surface area contributed by atoms with Gasteiger partial charge in [-0.25, -0.2) is 14.3 Å². The lowest BCUT2D eigenvalue weighted by Crippen LogP contribution is -2.10. The molecule has 4 nitrogen and oxygen atoms in total. The molecule has 2 heterocycles. The first-order valence-corrected chi connectivity index (χ1v) is 7.55. The predicted molar refractivity (Wildman–Crippen MR) is 85.6 cm³/mol. The van der Waals surface area contributed by atoms with Crippen LogP contribution in [0.1, 0.15) is 17.5 Å². The third kappa shape index (κ3) is 1.91. The molecule has 1 N–H and O–H groups in total. The lowest BCUT2D eigenvalue weighted by atomic mass is 10.0. The van der Waals surface area contributed by atoms with E-state index in [0.29, 0.717) is 11.3 Å². The summed E-state index contributed by atoms with van der Waals surface area (Å²) in [6.45, 7) is 0. The average molecular weight is 313 g/mol. The van der Waals surface area contributed by atoms with Gasteiger partial charge in [-0.3, -0.25) is 0 Å². The molecule has 1 aliphatic carbocycles. The molecular formula is C17H13ClN2O2. The number of fused-ring (bicyclic) bond motifs is 2. The first-order valence-electron chi connectivity index (χ1n) is 7.17.